The van der Waals surface area contributed by atoms with Crippen molar-refractivity contribution in [2.45, 2.75) is 6.42 Å². The molecule has 0 fully saturated rings. The summed E-state index contributed by atoms with van der Waals surface area (Å²) in [6, 6.07) is 17.0. The molecule has 2 aromatic rings. The lowest BCUT2D eigenvalue weighted by Crippen LogP contribution is -1.92. The van der Waals surface area contributed by atoms with Crippen molar-refractivity contribution in [1.82, 2.24) is 0 Å². The third-order valence-electron chi connectivity index (χ3n) is 3.23. The van der Waals surface area contributed by atoms with Crippen LogP contribution in [-0.2, 0) is 11.2 Å². The van der Waals surface area contributed by atoms with E-state index in [2.05, 4.69) is 6.07 Å². The highest BCUT2D eigenvalue weighted by atomic mass is 16.5. The van der Waals surface area contributed by atoms with Gasteiger partial charge >= 0.3 is 5.97 Å². The Balaban J connectivity index is 2.07. The predicted molar refractivity (Wildman–Crippen MR) is 75.5 cm³/mol. The topological polar surface area (TPSA) is 50.1 Å². The molecule has 0 unspecified atom stereocenters. The van der Waals surface area contributed by atoms with Gasteiger partial charge in [-0.15, -0.1) is 0 Å². The van der Waals surface area contributed by atoms with Gasteiger partial charge in [-0.3, -0.25) is 0 Å². The minimum Gasteiger partial charge on any atom is -0.422 e. The van der Waals surface area contributed by atoms with E-state index < -0.39 is 0 Å². The Morgan fingerprint density at radius 1 is 1.05 bits per heavy atom. The van der Waals surface area contributed by atoms with Crippen LogP contribution in [-0.4, -0.2) is 5.97 Å². The highest BCUT2D eigenvalue weighted by Crippen LogP contribution is 2.31. The summed E-state index contributed by atoms with van der Waals surface area (Å²) in [5.74, 6) is 0.209. The van der Waals surface area contributed by atoms with Crippen LogP contribution in [0.25, 0.3) is 11.8 Å². The molecule has 0 radical (unpaired) electrons. The van der Waals surface area contributed by atoms with Crippen molar-refractivity contribution in [2.24, 2.45) is 0 Å². The largest absolute Gasteiger partial charge is 0.422 e. The van der Waals surface area contributed by atoms with Gasteiger partial charge in [0.2, 0.25) is 0 Å². The van der Waals surface area contributed by atoms with Gasteiger partial charge in [0.15, 0.2) is 0 Å². The molecule has 0 spiro atoms. The van der Waals surface area contributed by atoms with Gasteiger partial charge in [-0.1, -0.05) is 42.5 Å². The molecule has 3 rings (SSSR count). The molecule has 0 atom stereocenters. The van der Waals surface area contributed by atoms with Crippen molar-refractivity contribution in [1.29, 1.82) is 5.26 Å². The minimum atomic E-state index is -0.329. The van der Waals surface area contributed by atoms with Crippen molar-refractivity contribution in [3.63, 3.8) is 0 Å². The fourth-order valence-corrected chi connectivity index (χ4v) is 2.26. The van der Waals surface area contributed by atoms with Crippen molar-refractivity contribution < 1.29 is 9.53 Å². The number of rotatable bonds is 2. The number of carbonyl (C=O) groups excluding carboxylic acids is 1. The highest BCUT2D eigenvalue weighted by Gasteiger charge is 2.25. The van der Waals surface area contributed by atoms with E-state index in [1.807, 2.05) is 48.5 Å². The third kappa shape index (κ3) is 2.08. The Morgan fingerprint density at radius 3 is 2.55 bits per heavy atom. The van der Waals surface area contributed by atoms with Gasteiger partial charge in [0.25, 0.3) is 0 Å². The summed E-state index contributed by atoms with van der Waals surface area (Å²) in [5, 5.41) is 8.85. The van der Waals surface area contributed by atoms with Crippen molar-refractivity contribution in [2.75, 3.05) is 0 Å². The number of benzene rings is 2. The van der Waals surface area contributed by atoms with Crippen LogP contribution in [0.2, 0.25) is 0 Å². The van der Waals surface area contributed by atoms with Crippen LogP contribution in [0.5, 0.6) is 0 Å². The van der Waals surface area contributed by atoms with E-state index in [1.54, 1.807) is 6.07 Å². The fraction of sp³-hybridized carbons (Fsp3) is 0.0588. The van der Waals surface area contributed by atoms with Crippen LogP contribution < -0.4 is 0 Å². The summed E-state index contributed by atoms with van der Waals surface area (Å²) in [6.45, 7) is 0. The number of hydrogen-bond acceptors (Lipinski definition) is 3. The monoisotopic (exact) mass is 261 g/mol. The van der Waals surface area contributed by atoms with Crippen LogP contribution >= 0.6 is 0 Å². The molecule has 1 aliphatic heterocycles. The molecule has 0 aliphatic carbocycles. The molecule has 0 saturated heterocycles. The Bertz CT molecular complexity index is 754. The van der Waals surface area contributed by atoms with Gasteiger partial charge in [0.05, 0.1) is 18.1 Å². The van der Waals surface area contributed by atoms with E-state index in [4.69, 9.17) is 10.00 Å². The SMILES string of the molecule is N#CCc1ccccc1/C=C1/OC(=O)c2ccccc21. The number of nitrogens with zero attached hydrogens (tertiary/aromatic N) is 1. The van der Waals surface area contributed by atoms with E-state index >= 15 is 0 Å². The van der Waals surface area contributed by atoms with Crippen molar-refractivity contribution in [3.8, 4) is 6.07 Å². The van der Waals surface area contributed by atoms with Gasteiger partial charge in [-0.05, 0) is 23.3 Å². The smallest absolute Gasteiger partial charge is 0.344 e. The average molecular weight is 261 g/mol. The summed E-state index contributed by atoms with van der Waals surface area (Å²) in [6.07, 6.45) is 2.14. The maximum absolute atomic E-state index is 11.8. The molecule has 3 nitrogen and oxygen atoms in total. The van der Waals surface area contributed by atoms with Gasteiger partial charge in [0, 0.05) is 5.56 Å². The first kappa shape index (κ1) is 12.2. The maximum Gasteiger partial charge on any atom is 0.344 e. The predicted octanol–water partition coefficient (Wildman–Crippen LogP) is 3.42. The fourth-order valence-electron chi connectivity index (χ4n) is 2.26. The number of fused-ring (bicyclic) bond motifs is 1. The molecule has 0 saturated carbocycles. The second kappa shape index (κ2) is 5.02. The lowest BCUT2D eigenvalue weighted by Gasteiger charge is -2.03. The number of hydrogen-bond donors (Lipinski definition) is 0. The van der Waals surface area contributed by atoms with Crippen LogP contribution in [0.4, 0.5) is 0 Å². The number of nitriles is 1. The Labute approximate surface area is 116 Å². The molecule has 0 amide bonds. The first-order chi connectivity index (χ1) is 9.79. The molecule has 2 aromatic carbocycles. The van der Waals surface area contributed by atoms with Gasteiger partial charge < -0.3 is 4.74 Å². The quantitative estimate of drug-likeness (QED) is 0.778. The molecule has 0 aromatic heterocycles. The highest BCUT2D eigenvalue weighted by molar-refractivity contribution is 6.05. The number of esters is 1. The zero-order valence-corrected chi connectivity index (χ0v) is 10.7. The van der Waals surface area contributed by atoms with Crippen LogP contribution in [0.15, 0.2) is 48.5 Å². The van der Waals surface area contributed by atoms with E-state index in [1.165, 1.54) is 0 Å². The van der Waals surface area contributed by atoms with E-state index in [0.29, 0.717) is 17.7 Å². The first-order valence-electron chi connectivity index (χ1n) is 6.28. The normalized spacial score (nSPS) is 14.8. The summed E-state index contributed by atoms with van der Waals surface area (Å²) in [4.78, 5) is 11.8. The Hall–Kier alpha value is -2.86. The second-order valence-electron chi connectivity index (χ2n) is 4.48. The van der Waals surface area contributed by atoms with Crippen molar-refractivity contribution >= 4 is 17.8 Å². The van der Waals surface area contributed by atoms with Gasteiger partial charge in [-0.25, -0.2) is 4.79 Å². The van der Waals surface area contributed by atoms with E-state index in [9.17, 15) is 4.79 Å². The molecular weight excluding hydrogens is 250 g/mol. The Kier molecular flexibility index (Phi) is 3.06. The van der Waals surface area contributed by atoms with Gasteiger partial charge in [0.1, 0.15) is 5.76 Å². The lowest BCUT2D eigenvalue weighted by molar-refractivity contribution is 0.0717. The first-order valence-corrected chi connectivity index (χ1v) is 6.28. The second-order valence-corrected chi connectivity index (χ2v) is 4.48. The standard InChI is InChI=1S/C17H11NO2/c18-10-9-12-5-1-2-6-13(12)11-16-14-7-3-4-8-15(14)17(19)20-16/h1-8,11H,9H2/b16-11+. The average Bonchev–Trinajstić information content (AvgIpc) is 2.79. The summed E-state index contributed by atoms with van der Waals surface area (Å²) >= 11 is 0. The third-order valence-corrected chi connectivity index (χ3v) is 3.23. The molecule has 96 valence electrons. The number of carbonyl (C=O) groups is 1. The van der Waals surface area contributed by atoms with Crippen LogP contribution in [0.1, 0.15) is 27.0 Å². The number of ether oxygens (including phenoxy) is 1. The zero-order chi connectivity index (χ0) is 13.9. The molecule has 1 heterocycles. The maximum atomic E-state index is 11.8. The number of cyclic esters (lactones) is 1. The summed E-state index contributed by atoms with van der Waals surface area (Å²) in [7, 11) is 0. The minimum absolute atomic E-state index is 0.329. The summed E-state index contributed by atoms with van der Waals surface area (Å²) in [5.41, 5.74) is 3.19. The zero-order valence-electron chi connectivity index (χ0n) is 10.7. The molecule has 3 heteroatoms. The Morgan fingerprint density at radius 2 is 1.75 bits per heavy atom. The lowest BCUT2D eigenvalue weighted by atomic mass is 10.0. The molecule has 20 heavy (non-hydrogen) atoms. The summed E-state index contributed by atoms with van der Waals surface area (Å²) < 4.78 is 5.31. The molecular formula is C17H11NO2. The van der Waals surface area contributed by atoms with E-state index in [0.717, 1.165) is 16.7 Å². The molecule has 0 N–H and O–H groups in total. The van der Waals surface area contributed by atoms with Gasteiger partial charge in [-0.2, -0.15) is 5.26 Å². The van der Waals surface area contributed by atoms with E-state index in [-0.39, 0.29) is 5.97 Å². The molecule has 1 aliphatic rings. The van der Waals surface area contributed by atoms with Crippen LogP contribution in [0.3, 0.4) is 0 Å². The van der Waals surface area contributed by atoms with Crippen LogP contribution in [0, 0.1) is 11.3 Å². The van der Waals surface area contributed by atoms with Crippen molar-refractivity contribution in [3.05, 3.63) is 70.8 Å². The molecule has 0 bridgehead atoms.